The van der Waals surface area contributed by atoms with Crippen LogP contribution >= 0.6 is 11.6 Å². The summed E-state index contributed by atoms with van der Waals surface area (Å²) < 4.78 is 13.2. The van der Waals surface area contributed by atoms with Crippen molar-refractivity contribution < 1.29 is 9.47 Å². The number of aromatic nitrogens is 2. The van der Waals surface area contributed by atoms with E-state index < -0.39 is 0 Å². The van der Waals surface area contributed by atoms with Gasteiger partial charge in [0.2, 0.25) is 0 Å². The second-order valence-electron chi connectivity index (χ2n) is 5.01. The number of halogens is 1. The van der Waals surface area contributed by atoms with Gasteiger partial charge in [0.1, 0.15) is 17.1 Å². The third-order valence-corrected chi connectivity index (χ3v) is 4.04. The Labute approximate surface area is 123 Å². The Balaban J connectivity index is 2.13. The molecular weight excluding hydrogens is 276 g/mol. The van der Waals surface area contributed by atoms with Crippen LogP contribution in [0.25, 0.3) is 11.0 Å². The third kappa shape index (κ3) is 2.38. The lowest BCUT2D eigenvalue weighted by atomic mass is 10.1. The predicted molar refractivity (Wildman–Crippen MR) is 79.8 cm³/mol. The molecule has 20 heavy (non-hydrogen) atoms. The fourth-order valence-electron chi connectivity index (χ4n) is 2.92. The molecule has 5 heteroatoms. The van der Waals surface area contributed by atoms with Crippen molar-refractivity contribution in [1.29, 1.82) is 0 Å². The van der Waals surface area contributed by atoms with E-state index in [2.05, 4.69) is 10.6 Å². The molecule has 0 amide bonds. The molecule has 0 saturated carbocycles. The van der Waals surface area contributed by atoms with Crippen molar-refractivity contribution in [2.75, 3.05) is 26.2 Å². The topological polar surface area (TPSA) is 36.3 Å². The lowest BCUT2D eigenvalue weighted by molar-refractivity contribution is 0.0699. The van der Waals surface area contributed by atoms with Crippen LogP contribution in [0.5, 0.6) is 5.75 Å². The number of rotatable bonds is 4. The molecule has 0 atom stereocenters. The molecule has 0 aliphatic carbocycles. The molecule has 4 nitrogen and oxygen atoms in total. The zero-order valence-corrected chi connectivity index (χ0v) is 12.4. The molecule has 0 radical (unpaired) electrons. The van der Waals surface area contributed by atoms with E-state index in [4.69, 9.17) is 26.1 Å². The number of hydrogen-bond donors (Lipinski definition) is 0. The molecule has 2 aromatic rings. The first kappa shape index (κ1) is 13.7. The number of methoxy groups -OCH3 is 1. The van der Waals surface area contributed by atoms with Crippen LogP contribution in [0.2, 0.25) is 0 Å². The highest BCUT2D eigenvalue weighted by molar-refractivity contribution is 6.17. The standard InChI is InChI=1S/C15H19ClN2O2/c1-19-13-4-2-3-12-15(13)17-14(5-8-16)18(12)11-6-9-20-10-7-11/h2-4,11H,5-10H2,1H3. The summed E-state index contributed by atoms with van der Waals surface area (Å²) in [5, 5.41) is 0. The van der Waals surface area contributed by atoms with Gasteiger partial charge in [-0.05, 0) is 25.0 Å². The SMILES string of the molecule is COc1cccc2c1nc(CCCl)n2C1CCOCC1. The van der Waals surface area contributed by atoms with Crippen LogP contribution < -0.4 is 4.74 Å². The molecule has 1 aromatic heterocycles. The Morgan fingerprint density at radius 3 is 2.90 bits per heavy atom. The van der Waals surface area contributed by atoms with Crippen molar-refractivity contribution in [1.82, 2.24) is 9.55 Å². The van der Waals surface area contributed by atoms with Crippen LogP contribution in [0.4, 0.5) is 0 Å². The quantitative estimate of drug-likeness (QED) is 0.813. The zero-order chi connectivity index (χ0) is 13.9. The van der Waals surface area contributed by atoms with Crippen molar-refractivity contribution in [2.24, 2.45) is 0 Å². The molecule has 1 fully saturated rings. The average molecular weight is 295 g/mol. The highest BCUT2D eigenvalue weighted by Crippen LogP contribution is 2.32. The molecule has 1 aliphatic heterocycles. The average Bonchev–Trinajstić information content (AvgIpc) is 2.86. The van der Waals surface area contributed by atoms with E-state index in [-0.39, 0.29) is 0 Å². The van der Waals surface area contributed by atoms with Gasteiger partial charge in [-0.25, -0.2) is 4.98 Å². The number of nitrogens with zero attached hydrogens (tertiary/aromatic N) is 2. The Morgan fingerprint density at radius 1 is 1.40 bits per heavy atom. The van der Waals surface area contributed by atoms with Crippen molar-refractivity contribution in [3.05, 3.63) is 24.0 Å². The fraction of sp³-hybridized carbons (Fsp3) is 0.533. The highest BCUT2D eigenvalue weighted by Gasteiger charge is 2.22. The maximum atomic E-state index is 5.94. The number of hydrogen-bond acceptors (Lipinski definition) is 3. The van der Waals surface area contributed by atoms with E-state index in [0.717, 1.165) is 55.1 Å². The molecular formula is C15H19ClN2O2. The lowest BCUT2D eigenvalue weighted by Crippen LogP contribution is -2.21. The van der Waals surface area contributed by atoms with Gasteiger partial charge in [-0.1, -0.05) is 6.07 Å². The summed E-state index contributed by atoms with van der Waals surface area (Å²) in [6.07, 6.45) is 2.83. The van der Waals surface area contributed by atoms with Crippen molar-refractivity contribution in [3.63, 3.8) is 0 Å². The smallest absolute Gasteiger partial charge is 0.146 e. The summed E-state index contributed by atoms with van der Waals surface area (Å²) in [6.45, 7) is 1.63. The summed E-state index contributed by atoms with van der Waals surface area (Å²) in [4.78, 5) is 4.76. The molecule has 0 spiro atoms. The Morgan fingerprint density at radius 2 is 2.20 bits per heavy atom. The Bertz CT molecular complexity index is 591. The van der Waals surface area contributed by atoms with Gasteiger partial charge in [0.25, 0.3) is 0 Å². The van der Waals surface area contributed by atoms with E-state index in [1.807, 2.05) is 12.1 Å². The number of para-hydroxylation sites is 1. The number of alkyl halides is 1. The van der Waals surface area contributed by atoms with Gasteiger partial charge < -0.3 is 14.0 Å². The van der Waals surface area contributed by atoms with E-state index in [9.17, 15) is 0 Å². The molecule has 2 heterocycles. The molecule has 108 valence electrons. The lowest BCUT2D eigenvalue weighted by Gasteiger charge is -2.25. The minimum atomic E-state index is 0.444. The normalized spacial score (nSPS) is 16.7. The minimum Gasteiger partial charge on any atom is -0.494 e. The van der Waals surface area contributed by atoms with E-state index >= 15 is 0 Å². The van der Waals surface area contributed by atoms with Gasteiger partial charge in [0.15, 0.2) is 0 Å². The van der Waals surface area contributed by atoms with Crippen LogP contribution in [0.15, 0.2) is 18.2 Å². The molecule has 1 saturated heterocycles. The van der Waals surface area contributed by atoms with Gasteiger partial charge in [0, 0.05) is 31.6 Å². The Kier molecular flexibility index (Phi) is 4.13. The highest BCUT2D eigenvalue weighted by atomic mass is 35.5. The van der Waals surface area contributed by atoms with Gasteiger partial charge >= 0.3 is 0 Å². The molecule has 3 rings (SSSR count). The second kappa shape index (κ2) is 6.02. The number of imidazole rings is 1. The van der Waals surface area contributed by atoms with Crippen molar-refractivity contribution >= 4 is 22.6 Å². The number of fused-ring (bicyclic) bond motifs is 1. The first-order valence-electron chi connectivity index (χ1n) is 7.02. The summed E-state index contributed by atoms with van der Waals surface area (Å²) in [5.41, 5.74) is 2.07. The van der Waals surface area contributed by atoms with E-state index in [1.54, 1.807) is 7.11 Å². The maximum absolute atomic E-state index is 5.94. The minimum absolute atomic E-state index is 0.444. The number of aryl methyl sites for hydroxylation is 1. The Hall–Kier alpha value is -1.26. The summed E-state index contributed by atoms with van der Waals surface area (Å²) in [6, 6.07) is 6.52. The number of benzene rings is 1. The van der Waals surface area contributed by atoms with Gasteiger partial charge in [-0.15, -0.1) is 11.6 Å². The van der Waals surface area contributed by atoms with Gasteiger partial charge in [0.05, 0.1) is 12.6 Å². The number of ether oxygens (including phenoxy) is 2. The van der Waals surface area contributed by atoms with Crippen molar-refractivity contribution in [3.8, 4) is 5.75 Å². The monoisotopic (exact) mass is 294 g/mol. The van der Waals surface area contributed by atoms with Crippen molar-refractivity contribution in [2.45, 2.75) is 25.3 Å². The van der Waals surface area contributed by atoms with Crippen LogP contribution in [0.1, 0.15) is 24.7 Å². The first-order chi connectivity index (χ1) is 9.85. The zero-order valence-electron chi connectivity index (χ0n) is 11.6. The van der Waals surface area contributed by atoms with E-state index in [1.165, 1.54) is 0 Å². The molecule has 0 bridgehead atoms. The summed E-state index contributed by atoms with van der Waals surface area (Å²) in [7, 11) is 1.68. The first-order valence-corrected chi connectivity index (χ1v) is 7.56. The second-order valence-corrected chi connectivity index (χ2v) is 5.39. The summed E-state index contributed by atoms with van der Waals surface area (Å²) >= 11 is 5.94. The van der Waals surface area contributed by atoms with Crippen LogP contribution in [-0.4, -0.2) is 35.8 Å². The molecule has 0 N–H and O–H groups in total. The molecule has 1 aromatic carbocycles. The third-order valence-electron chi connectivity index (χ3n) is 3.85. The maximum Gasteiger partial charge on any atom is 0.146 e. The van der Waals surface area contributed by atoms with Crippen LogP contribution in [0.3, 0.4) is 0 Å². The van der Waals surface area contributed by atoms with Gasteiger partial charge in [-0.2, -0.15) is 0 Å². The largest absolute Gasteiger partial charge is 0.494 e. The predicted octanol–water partition coefficient (Wildman–Crippen LogP) is 3.18. The van der Waals surface area contributed by atoms with Gasteiger partial charge in [-0.3, -0.25) is 0 Å². The summed E-state index contributed by atoms with van der Waals surface area (Å²) in [5.74, 6) is 2.45. The van der Waals surface area contributed by atoms with E-state index in [0.29, 0.717) is 11.9 Å². The van der Waals surface area contributed by atoms with Crippen LogP contribution in [0, 0.1) is 0 Å². The molecule has 1 aliphatic rings. The molecule has 0 unspecified atom stereocenters. The fourth-order valence-corrected chi connectivity index (χ4v) is 3.08. The van der Waals surface area contributed by atoms with Crippen LogP contribution in [-0.2, 0) is 11.2 Å².